The van der Waals surface area contributed by atoms with Crippen LogP contribution in [0.3, 0.4) is 0 Å². The summed E-state index contributed by atoms with van der Waals surface area (Å²) in [7, 11) is 0. The molecule has 154 valence electrons. The summed E-state index contributed by atoms with van der Waals surface area (Å²) in [5.74, 6) is 1.22. The average Bonchev–Trinajstić information content (AvgIpc) is 2.61. The molecule has 0 saturated carbocycles. The molecule has 0 aliphatic rings. The van der Waals surface area contributed by atoms with Gasteiger partial charge in [0.25, 0.3) is 0 Å². The lowest BCUT2D eigenvalue weighted by atomic mass is 10.1. The Bertz CT molecular complexity index is 601. The Hall–Kier alpha value is -1.03. The highest BCUT2D eigenvalue weighted by molar-refractivity contribution is 14.0. The first kappa shape index (κ1) is 26.0. The highest BCUT2D eigenvalue weighted by Crippen LogP contribution is 2.17. The Morgan fingerprint density at radius 1 is 1.26 bits per heavy atom. The Kier molecular flexibility index (Phi) is 14.4. The van der Waals surface area contributed by atoms with Crippen LogP contribution >= 0.6 is 35.7 Å². The van der Waals surface area contributed by atoms with E-state index in [1.165, 1.54) is 6.07 Å². The second kappa shape index (κ2) is 15.0. The van der Waals surface area contributed by atoms with Crippen LogP contribution < -0.4 is 16.0 Å². The van der Waals surface area contributed by atoms with Crippen LogP contribution in [0.4, 0.5) is 4.39 Å². The molecule has 0 heterocycles. The molecule has 0 aromatic heterocycles. The lowest BCUT2D eigenvalue weighted by Crippen LogP contribution is -2.40. The van der Waals surface area contributed by atoms with E-state index in [0.717, 1.165) is 29.8 Å². The van der Waals surface area contributed by atoms with Gasteiger partial charge in [-0.15, -0.1) is 24.0 Å². The number of amides is 1. The third kappa shape index (κ3) is 10.8. The first-order valence-electron chi connectivity index (χ1n) is 9.07. The minimum Gasteiger partial charge on any atom is -0.357 e. The second-order valence-corrected chi connectivity index (χ2v) is 6.96. The number of guanidine groups is 1. The summed E-state index contributed by atoms with van der Waals surface area (Å²) in [6, 6.07) is 5.01. The Balaban J connectivity index is 0.00000676. The first-order valence-corrected chi connectivity index (χ1v) is 10.5. The van der Waals surface area contributed by atoms with Crippen molar-refractivity contribution in [3.63, 3.8) is 0 Å². The number of nitrogens with zero attached hydrogens (tertiary/aromatic N) is 1. The van der Waals surface area contributed by atoms with Crippen LogP contribution in [0, 0.1) is 5.82 Å². The highest BCUT2D eigenvalue weighted by Gasteiger charge is 2.07. The Labute approximate surface area is 183 Å². The van der Waals surface area contributed by atoms with Gasteiger partial charge in [0.15, 0.2) is 5.96 Å². The smallest absolute Gasteiger partial charge is 0.221 e. The number of nitrogens with one attached hydrogen (secondary N) is 3. The van der Waals surface area contributed by atoms with Crippen LogP contribution in [-0.4, -0.2) is 37.3 Å². The molecule has 1 unspecified atom stereocenters. The number of hydrogen-bond donors (Lipinski definition) is 3. The van der Waals surface area contributed by atoms with Crippen molar-refractivity contribution in [3.8, 4) is 0 Å². The van der Waals surface area contributed by atoms with Crippen molar-refractivity contribution < 1.29 is 9.18 Å². The SMILES string of the molecule is CCNC(=NCc1ccc(F)cc1CSC)NCCC(=O)NC(C)CC.I. The maximum Gasteiger partial charge on any atom is 0.221 e. The maximum absolute atomic E-state index is 13.4. The molecule has 5 nitrogen and oxygen atoms in total. The molecule has 0 saturated heterocycles. The molecule has 1 amide bonds. The van der Waals surface area contributed by atoms with Crippen LogP contribution in [0.1, 0.15) is 44.7 Å². The number of rotatable bonds is 10. The van der Waals surface area contributed by atoms with Crippen molar-refractivity contribution >= 4 is 47.6 Å². The van der Waals surface area contributed by atoms with E-state index in [9.17, 15) is 9.18 Å². The second-order valence-electron chi connectivity index (χ2n) is 6.09. The monoisotopic (exact) mass is 510 g/mol. The Morgan fingerprint density at radius 2 is 2.00 bits per heavy atom. The highest BCUT2D eigenvalue weighted by atomic mass is 127. The molecule has 1 aromatic rings. The number of carbonyl (C=O) groups excluding carboxylic acids is 1. The van der Waals surface area contributed by atoms with Gasteiger partial charge in [-0.3, -0.25) is 4.79 Å². The van der Waals surface area contributed by atoms with E-state index in [1.54, 1.807) is 23.9 Å². The fourth-order valence-electron chi connectivity index (χ4n) is 2.29. The van der Waals surface area contributed by atoms with E-state index >= 15 is 0 Å². The molecule has 0 aliphatic heterocycles. The standard InChI is InChI=1S/C19H31FN4OS.HI/c1-5-14(3)24-18(25)9-10-22-19(21-6-2)23-12-15-7-8-17(20)11-16(15)13-26-4;/h7-8,11,14H,5-6,9-10,12-13H2,1-4H3,(H,24,25)(H2,21,22,23);1H. The zero-order valence-corrected chi connectivity index (χ0v) is 19.7. The molecular formula is C19H32FIN4OS. The van der Waals surface area contributed by atoms with Crippen LogP contribution in [0.25, 0.3) is 0 Å². The van der Waals surface area contributed by atoms with Gasteiger partial charge in [-0.25, -0.2) is 9.38 Å². The summed E-state index contributed by atoms with van der Waals surface area (Å²) in [6.45, 7) is 7.72. The topological polar surface area (TPSA) is 65.5 Å². The molecule has 0 aliphatic carbocycles. The van der Waals surface area contributed by atoms with Gasteiger partial charge in [0.1, 0.15) is 5.82 Å². The minimum atomic E-state index is -0.223. The van der Waals surface area contributed by atoms with Crippen molar-refractivity contribution in [3.05, 3.63) is 35.1 Å². The molecule has 8 heteroatoms. The molecule has 1 atom stereocenters. The normalized spacial score (nSPS) is 12.1. The van der Waals surface area contributed by atoms with Gasteiger partial charge >= 0.3 is 0 Å². The summed E-state index contributed by atoms with van der Waals surface area (Å²) in [4.78, 5) is 16.4. The van der Waals surface area contributed by atoms with Gasteiger partial charge in [0.2, 0.25) is 5.91 Å². The molecule has 0 fully saturated rings. The minimum absolute atomic E-state index is 0. The van der Waals surface area contributed by atoms with E-state index in [1.807, 2.05) is 27.0 Å². The quantitative estimate of drug-likeness (QED) is 0.256. The van der Waals surface area contributed by atoms with Crippen LogP contribution in [0.2, 0.25) is 0 Å². The van der Waals surface area contributed by atoms with Gasteiger partial charge in [-0.1, -0.05) is 13.0 Å². The van der Waals surface area contributed by atoms with Gasteiger partial charge in [0.05, 0.1) is 6.54 Å². The van der Waals surface area contributed by atoms with Crippen molar-refractivity contribution in [2.24, 2.45) is 4.99 Å². The Morgan fingerprint density at radius 3 is 2.63 bits per heavy atom. The fourth-order valence-corrected chi connectivity index (χ4v) is 2.87. The van der Waals surface area contributed by atoms with Crippen molar-refractivity contribution in [2.75, 3.05) is 19.3 Å². The molecule has 1 rings (SSSR count). The molecule has 3 N–H and O–H groups in total. The zero-order chi connectivity index (χ0) is 19.4. The van der Waals surface area contributed by atoms with Gasteiger partial charge < -0.3 is 16.0 Å². The maximum atomic E-state index is 13.4. The summed E-state index contributed by atoms with van der Waals surface area (Å²) < 4.78 is 13.4. The fraction of sp³-hybridized carbons (Fsp3) is 0.579. The molecule has 0 spiro atoms. The number of aliphatic imine (C=N–C) groups is 1. The zero-order valence-electron chi connectivity index (χ0n) is 16.6. The van der Waals surface area contributed by atoms with Crippen LogP contribution in [0.5, 0.6) is 0 Å². The third-order valence-corrected chi connectivity index (χ3v) is 4.48. The predicted octanol–water partition coefficient (Wildman–Crippen LogP) is 3.67. The molecule has 0 radical (unpaired) electrons. The third-order valence-electron chi connectivity index (χ3n) is 3.88. The van der Waals surface area contributed by atoms with E-state index < -0.39 is 0 Å². The summed E-state index contributed by atoms with van der Waals surface area (Å²) in [6.07, 6.45) is 3.30. The van der Waals surface area contributed by atoms with E-state index in [0.29, 0.717) is 25.5 Å². The van der Waals surface area contributed by atoms with Crippen molar-refractivity contribution in [1.82, 2.24) is 16.0 Å². The molecular weight excluding hydrogens is 478 g/mol. The number of carbonyl (C=O) groups is 1. The number of benzene rings is 1. The van der Waals surface area contributed by atoms with Crippen molar-refractivity contribution in [2.45, 2.75) is 52.0 Å². The summed E-state index contributed by atoms with van der Waals surface area (Å²) in [5.41, 5.74) is 1.97. The van der Waals surface area contributed by atoms with Crippen LogP contribution in [0.15, 0.2) is 23.2 Å². The lowest BCUT2D eigenvalue weighted by Gasteiger charge is -2.14. The van der Waals surface area contributed by atoms with E-state index in [2.05, 4.69) is 20.9 Å². The van der Waals surface area contributed by atoms with E-state index in [-0.39, 0.29) is 41.7 Å². The van der Waals surface area contributed by atoms with E-state index in [4.69, 9.17) is 0 Å². The summed E-state index contributed by atoms with van der Waals surface area (Å²) >= 11 is 1.65. The van der Waals surface area contributed by atoms with Gasteiger partial charge in [0, 0.05) is 31.3 Å². The lowest BCUT2D eigenvalue weighted by molar-refractivity contribution is -0.121. The first-order chi connectivity index (χ1) is 12.5. The van der Waals surface area contributed by atoms with Gasteiger partial charge in [-0.05, 0) is 49.8 Å². The van der Waals surface area contributed by atoms with Crippen molar-refractivity contribution in [1.29, 1.82) is 0 Å². The number of halogens is 2. The molecule has 27 heavy (non-hydrogen) atoms. The average molecular weight is 510 g/mol. The summed E-state index contributed by atoms with van der Waals surface area (Å²) in [5, 5.41) is 9.29. The van der Waals surface area contributed by atoms with Crippen LogP contribution in [-0.2, 0) is 17.1 Å². The molecule has 1 aromatic carbocycles. The van der Waals surface area contributed by atoms with Gasteiger partial charge in [-0.2, -0.15) is 11.8 Å². The molecule has 0 bridgehead atoms. The number of thioether (sulfide) groups is 1. The predicted molar refractivity (Wildman–Crippen MR) is 124 cm³/mol. The largest absolute Gasteiger partial charge is 0.357 e. The number of hydrogen-bond acceptors (Lipinski definition) is 3.